The minimum Gasteiger partial charge on any atom is -0.288 e. The Morgan fingerprint density at radius 2 is 1.38 bits per heavy atom. The normalized spacial score (nSPS) is 12.1. The van der Waals surface area contributed by atoms with E-state index in [9.17, 15) is 4.79 Å². The van der Waals surface area contributed by atoms with Crippen molar-refractivity contribution in [1.82, 2.24) is 9.97 Å². The second-order valence-corrected chi connectivity index (χ2v) is 5.08. The molecule has 0 atom stereocenters. The molecule has 0 amide bonds. The van der Waals surface area contributed by atoms with Crippen LogP contribution in [0.2, 0.25) is 0 Å². The minimum absolute atomic E-state index is 0.0134. The minimum atomic E-state index is 0.0134. The zero-order chi connectivity index (χ0) is 14.4. The van der Waals surface area contributed by atoms with Gasteiger partial charge in [0, 0.05) is 16.7 Å². The fourth-order valence-electron chi connectivity index (χ4n) is 2.81. The summed E-state index contributed by atoms with van der Waals surface area (Å²) in [6, 6.07) is 17.4. The highest BCUT2D eigenvalue weighted by molar-refractivity contribution is 6.23. The molecule has 0 N–H and O–H groups in total. The van der Waals surface area contributed by atoms with Crippen LogP contribution in [0.15, 0.2) is 54.6 Å². The summed E-state index contributed by atoms with van der Waals surface area (Å²) in [4.78, 5) is 21.7. The Balaban J connectivity index is 2.06. The summed E-state index contributed by atoms with van der Waals surface area (Å²) in [5.41, 5.74) is 4.65. The first kappa shape index (κ1) is 12.0. The van der Waals surface area contributed by atoms with Crippen LogP contribution in [0.5, 0.6) is 0 Å². The van der Waals surface area contributed by atoms with Crippen LogP contribution < -0.4 is 0 Å². The summed E-state index contributed by atoms with van der Waals surface area (Å²) < 4.78 is 0. The lowest BCUT2D eigenvalue weighted by Gasteiger charge is -2.07. The van der Waals surface area contributed by atoms with Crippen molar-refractivity contribution in [2.75, 3.05) is 0 Å². The molecule has 21 heavy (non-hydrogen) atoms. The van der Waals surface area contributed by atoms with Gasteiger partial charge in [0.25, 0.3) is 0 Å². The highest BCUT2D eigenvalue weighted by Crippen LogP contribution is 2.39. The highest BCUT2D eigenvalue weighted by Gasteiger charge is 2.31. The zero-order valence-electron chi connectivity index (χ0n) is 11.5. The maximum Gasteiger partial charge on any atom is 0.198 e. The lowest BCUT2D eigenvalue weighted by molar-refractivity contribution is 0.104. The van der Waals surface area contributed by atoms with Crippen LogP contribution in [0.25, 0.3) is 22.5 Å². The number of aryl methyl sites for hydroxylation is 1. The molecule has 3 nitrogen and oxygen atoms in total. The van der Waals surface area contributed by atoms with Gasteiger partial charge in [-0.05, 0) is 6.92 Å². The van der Waals surface area contributed by atoms with E-state index < -0.39 is 0 Å². The van der Waals surface area contributed by atoms with Crippen LogP contribution in [0.1, 0.15) is 21.7 Å². The third kappa shape index (κ3) is 1.71. The SMILES string of the molecule is Cc1nc(-c2ccccc2)c2c(n1)-c1ccccc1C2=O. The molecule has 1 heterocycles. The van der Waals surface area contributed by atoms with E-state index in [4.69, 9.17) is 0 Å². The summed E-state index contributed by atoms with van der Waals surface area (Å²) in [7, 11) is 0. The number of ketones is 1. The Labute approximate surface area is 122 Å². The van der Waals surface area contributed by atoms with Crippen molar-refractivity contribution < 1.29 is 4.79 Å². The monoisotopic (exact) mass is 272 g/mol. The quantitative estimate of drug-likeness (QED) is 0.531. The topological polar surface area (TPSA) is 42.9 Å². The van der Waals surface area contributed by atoms with Crippen molar-refractivity contribution in [2.45, 2.75) is 6.92 Å². The first-order chi connectivity index (χ1) is 10.3. The lowest BCUT2D eigenvalue weighted by Crippen LogP contribution is -2.03. The van der Waals surface area contributed by atoms with E-state index in [1.807, 2.05) is 61.5 Å². The van der Waals surface area contributed by atoms with Gasteiger partial charge in [-0.3, -0.25) is 4.79 Å². The Morgan fingerprint density at radius 3 is 2.14 bits per heavy atom. The Hall–Kier alpha value is -2.81. The molecule has 0 aliphatic heterocycles. The molecule has 1 aromatic heterocycles. The van der Waals surface area contributed by atoms with E-state index in [0.29, 0.717) is 17.0 Å². The van der Waals surface area contributed by atoms with E-state index >= 15 is 0 Å². The smallest absolute Gasteiger partial charge is 0.198 e. The van der Waals surface area contributed by atoms with E-state index in [1.165, 1.54) is 0 Å². The fraction of sp³-hybridized carbons (Fsp3) is 0.0556. The second kappa shape index (κ2) is 4.35. The van der Waals surface area contributed by atoms with Gasteiger partial charge in [0.05, 0.1) is 17.0 Å². The number of hydrogen-bond donors (Lipinski definition) is 0. The van der Waals surface area contributed by atoms with Gasteiger partial charge in [0.15, 0.2) is 5.78 Å². The number of aromatic nitrogens is 2. The molecule has 3 aromatic rings. The number of fused-ring (bicyclic) bond motifs is 3. The molecule has 100 valence electrons. The number of rotatable bonds is 1. The van der Waals surface area contributed by atoms with Crippen molar-refractivity contribution in [3.8, 4) is 22.5 Å². The molecule has 0 saturated carbocycles. The van der Waals surface area contributed by atoms with Crippen LogP contribution in [0.4, 0.5) is 0 Å². The van der Waals surface area contributed by atoms with Gasteiger partial charge in [-0.15, -0.1) is 0 Å². The molecule has 0 saturated heterocycles. The molecule has 0 radical (unpaired) electrons. The number of nitrogens with zero attached hydrogens (tertiary/aromatic N) is 2. The summed E-state index contributed by atoms with van der Waals surface area (Å²) in [5, 5.41) is 0. The number of hydrogen-bond acceptors (Lipinski definition) is 3. The molecule has 1 aliphatic carbocycles. The molecular weight excluding hydrogens is 260 g/mol. The predicted octanol–water partition coefficient (Wildman–Crippen LogP) is 3.66. The zero-order valence-corrected chi connectivity index (χ0v) is 11.5. The van der Waals surface area contributed by atoms with E-state index in [-0.39, 0.29) is 5.78 Å². The van der Waals surface area contributed by atoms with Gasteiger partial charge in [0.1, 0.15) is 5.82 Å². The van der Waals surface area contributed by atoms with Crippen molar-refractivity contribution in [3.63, 3.8) is 0 Å². The summed E-state index contributed by atoms with van der Waals surface area (Å²) >= 11 is 0. The third-order valence-corrected chi connectivity index (χ3v) is 3.72. The van der Waals surface area contributed by atoms with Crippen LogP contribution in [0.3, 0.4) is 0 Å². The van der Waals surface area contributed by atoms with Crippen LogP contribution >= 0.6 is 0 Å². The Morgan fingerprint density at radius 1 is 0.762 bits per heavy atom. The fourth-order valence-corrected chi connectivity index (χ4v) is 2.81. The van der Waals surface area contributed by atoms with E-state index in [2.05, 4.69) is 9.97 Å². The van der Waals surface area contributed by atoms with Crippen LogP contribution in [0, 0.1) is 6.92 Å². The molecule has 0 bridgehead atoms. The molecular formula is C18H12N2O. The lowest BCUT2D eigenvalue weighted by atomic mass is 10.0. The molecule has 4 rings (SSSR count). The number of carbonyl (C=O) groups excluding carboxylic acids is 1. The molecule has 0 spiro atoms. The third-order valence-electron chi connectivity index (χ3n) is 3.72. The van der Waals surface area contributed by atoms with Gasteiger partial charge in [-0.25, -0.2) is 9.97 Å². The Bertz CT molecular complexity index is 870. The van der Waals surface area contributed by atoms with Crippen molar-refractivity contribution in [2.24, 2.45) is 0 Å². The molecule has 1 aliphatic rings. The summed E-state index contributed by atoms with van der Waals surface area (Å²) in [6.07, 6.45) is 0. The van der Waals surface area contributed by atoms with Gasteiger partial charge in [-0.2, -0.15) is 0 Å². The number of carbonyl (C=O) groups is 1. The molecule has 3 heteroatoms. The molecule has 0 unspecified atom stereocenters. The van der Waals surface area contributed by atoms with Crippen molar-refractivity contribution in [3.05, 3.63) is 71.5 Å². The second-order valence-electron chi connectivity index (χ2n) is 5.08. The first-order valence-electron chi connectivity index (χ1n) is 6.84. The summed E-state index contributed by atoms with van der Waals surface area (Å²) in [6.45, 7) is 1.86. The van der Waals surface area contributed by atoms with Gasteiger partial charge < -0.3 is 0 Å². The average Bonchev–Trinajstić information content (AvgIpc) is 2.81. The summed E-state index contributed by atoms with van der Waals surface area (Å²) in [5.74, 6) is 0.691. The molecule has 2 aromatic carbocycles. The van der Waals surface area contributed by atoms with E-state index in [0.717, 1.165) is 22.5 Å². The maximum absolute atomic E-state index is 12.7. The van der Waals surface area contributed by atoms with Gasteiger partial charge in [0.2, 0.25) is 0 Å². The first-order valence-corrected chi connectivity index (χ1v) is 6.84. The van der Waals surface area contributed by atoms with Crippen molar-refractivity contribution in [1.29, 1.82) is 0 Å². The van der Waals surface area contributed by atoms with E-state index in [1.54, 1.807) is 0 Å². The highest BCUT2D eigenvalue weighted by atomic mass is 16.1. The average molecular weight is 272 g/mol. The van der Waals surface area contributed by atoms with Crippen molar-refractivity contribution >= 4 is 5.78 Å². The Kier molecular flexibility index (Phi) is 2.48. The number of benzene rings is 2. The largest absolute Gasteiger partial charge is 0.288 e. The standard InChI is InChI=1S/C18H12N2O/c1-11-19-16(12-7-3-2-4-8-12)15-17(20-11)13-9-5-6-10-14(13)18(15)21/h2-10H,1H3. The van der Waals surface area contributed by atoms with Gasteiger partial charge in [-0.1, -0.05) is 54.6 Å². The maximum atomic E-state index is 12.7. The van der Waals surface area contributed by atoms with Crippen LogP contribution in [-0.2, 0) is 0 Å². The molecule has 0 fully saturated rings. The van der Waals surface area contributed by atoms with Gasteiger partial charge >= 0.3 is 0 Å². The van der Waals surface area contributed by atoms with Crippen LogP contribution in [-0.4, -0.2) is 15.8 Å². The predicted molar refractivity (Wildman–Crippen MR) is 81.1 cm³/mol.